The van der Waals surface area contributed by atoms with Crippen molar-refractivity contribution in [1.29, 1.82) is 0 Å². The van der Waals surface area contributed by atoms with Gasteiger partial charge in [-0.2, -0.15) is 0 Å². The highest BCUT2D eigenvalue weighted by atomic mass is 32.2. The molecule has 1 aliphatic heterocycles. The quantitative estimate of drug-likeness (QED) is 0.642. The third kappa shape index (κ3) is 1.08. The van der Waals surface area contributed by atoms with E-state index in [0.717, 1.165) is 0 Å². The van der Waals surface area contributed by atoms with E-state index in [2.05, 4.69) is 11.4 Å². The summed E-state index contributed by atoms with van der Waals surface area (Å²) in [6.07, 6.45) is 0. The molecule has 1 N–H and O–H groups in total. The van der Waals surface area contributed by atoms with E-state index in [9.17, 15) is 8.42 Å². The van der Waals surface area contributed by atoms with E-state index in [-0.39, 0.29) is 5.75 Å². The summed E-state index contributed by atoms with van der Waals surface area (Å²) in [6.45, 7) is 0.493. The molecule has 0 saturated heterocycles. The zero-order chi connectivity index (χ0) is 8.60. The van der Waals surface area contributed by atoms with Crippen molar-refractivity contribution in [2.24, 2.45) is 0 Å². The summed E-state index contributed by atoms with van der Waals surface area (Å²) in [5, 5.41) is 3.01. The predicted molar refractivity (Wildman–Crippen MR) is 45.8 cm³/mol. The minimum Gasteiger partial charge on any atom is -0.383 e. The summed E-state index contributed by atoms with van der Waals surface area (Å²) >= 11 is 0. The molecule has 0 unspecified atom stereocenters. The second-order valence-corrected chi connectivity index (χ2v) is 4.75. The van der Waals surface area contributed by atoms with Crippen LogP contribution >= 0.6 is 0 Å². The Kier molecular flexibility index (Phi) is 1.58. The zero-order valence-electron chi connectivity index (χ0n) is 6.37. The second kappa shape index (κ2) is 2.48. The summed E-state index contributed by atoms with van der Waals surface area (Å²) < 4.78 is 22.8. The summed E-state index contributed by atoms with van der Waals surface area (Å²) in [4.78, 5) is 0.396. The van der Waals surface area contributed by atoms with Gasteiger partial charge in [-0.1, -0.05) is 6.07 Å². The molecule has 1 heterocycles. The minimum absolute atomic E-state index is 0.185. The van der Waals surface area contributed by atoms with Crippen LogP contribution in [0.2, 0.25) is 0 Å². The Balaban J connectivity index is 2.67. The number of rotatable bonds is 0. The second-order valence-electron chi connectivity index (χ2n) is 2.67. The molecule has 1 radical (unpaired) electrons. The summed E-state index contributed by atoms with van der Waals surface area (Å²) in [7, 11) is -3.02. The van der Waals surface area contributed by atoms with Crippen LogP contribution in [-0.2, 0) is 9.84 Å². The van der Waals surface area contributed by atoms with Crippen LogP contribution in [0.4, 0.5) is 5.69 Å². The third-order valence-electron chi connectivity index (χ3n) is 1.85. The SMILES string of the molecule is O=S1(=O)CCNc2c[c]ccc21. The van der Waals surface area contributed by atoms with Crippen molar-refractivity contribution in [3.63, 3.8) is 0 Å². The van der Waals surface area contributed by atoms with Crippen LogP contribution in [0.5, 0.6) is 0 Å². The van der Waals surface area contributed by atoms with Crippen molar-refractivity contribution in [2.45, 2.75) is 4.90 Å². The average Bonchev–Trinajstić information content (AvgIpc) is 2.04. The van der Waals surface area contributed by atoms with Crippen molar-refractivity contribution in [2.75, 3.05) is 17.6 Å². The number of hydrogen-bond donors (Lipinski definition) is 1. The van der Waals surface area contributed by atoms with E-state index in [4.69, 9.17) is 0 Å². The monoisotopic (exact) mass is 182 g/mol. The van der Waals surface area contributed by atoms with Gasteiger partial charge in [0.2, 0.25) is 0 Å². The number of hydrogen-bond acceptors (Lipinski definition) is 3. The molecule has 3 nitrogen and oxygen atoms in total. The molecule has 1 aromatic carbocycles. The van der Waals surface area contributed by atoms with Gasteiger partial charge in [-0.05, 0) is 18.2 Å². The first kappa shape index (κ1) is 7.61. The molecule has 1 aromatic rings. The van der Waals surface area contributed by atoms with Crippen LogP contribution in [0, 0.1) is 6.07 Å². The van der Waals surface area contributed by atoms with E-state index in [1.165, 1.54) is 0 Å². The fourth-order valence-corrected chi connectivity index (χ4v) is 2.59. The maximum Gasteiger partial charge on any atom is 0.182 e. The normalized spacial score (nSPS) is 19.3. The van der Waals surface area contributed by atoms with Crippen LogP contribution in [0.25, 0.3) is 0 Å². The molecule has 0 spiro atoms. The summed E-state index contributed by atoms with van der Waals surface area (Å²) in [6, 6.07) is 7.68. The smallest absolute Gasteiger partial charge is 0.182 e. The Morgan fingerprint density at radius 2 is 2.33 bits per heavy atom. The maximum atomic E-state index is 11.4. The Morgan fingerprint density at radius 3 is 3.08 bits per heavy atom. The zero-order valence-corrected chi connectivity index (χ0v) is 7.19. The van der Waals surface area contributed by atoms with Gasteiger partial charge in [-0.15, -0.1) is 0 Å². The van der Waals surface area contributed by atoms with Gasteiger partial charge < -0.3 is 5.32 Å². The van der Waals surface area contributed by atoms with Gasteiger partial charge in [0.1, 0.15) is 0 Å². The molecular weight excluding hydrogens is 174 g/mol. The van der Waals surface area contributed by atoms with E-state index in [0.29, 0.717) is 17.1 Å². The van der Waals surface area contributed by atoms with E-state index >= 15 is 0 Å². The van der Waals surface area contributed by atoms with Gasteiger partial charge in [0, 0.05) is 6.54 Å². The first-order chi connectivity index (χ1) is 5.70. The first-order valence-corrected chi connectivity index (χ1v) is 5.32. The van der Waals surface area contributed by atoms with Crippen molar-refractivity contribution in [1.82, 2.24) is 0 Å². The number of sulfone groups is 1. The number of benzene rings is 1. The van der Waals surface area contributed by atoms with Crippen LogP contribution in [0.3, 0.4) is 0 Å². The van der Waals surface area contributed by atoms with Gasteiger partial charge in [0.15, 0.2) is 9.84 Å². The highest BCUT2D eigenvalue weighted by Crippen LogP contribution is 2.24. The first-order valence-electron chi connectivity index (χ1n) is 3.67. The lowest BCUT2D eigenvalue weighted by molar-refractivity contribution is 0.595. The molecule has 0 aromatic heterocycles. The Bertz CT molecular complexity index is 397. The van der Waals surface area contributed by atoms with Gasteiger partial charge in [0.25, 0.3) is 0 Å². The van der Waals surface area contributed by atoms with Gasteiger partial charge in [0.05, 0.1) is 16.3 Å². The highest BCUT2D eigenvalue weighted by Gasteiger charge is 2.21. The molecular formula is C8H8NO2S. The van der Waals surface area contributed by atoms with Crippen LogP contribution in [0.1, 0.15) is 0 Å². The molecule has 0 atom stereocenters. The minimum atomic E-state index is -3.02. The fraction of sp³-hybridized carbons (Fsp3) is 0.250. The Labute approximate surface area is 71.3 Å². The van der Waals surface area contributed by atoms with E-state index in [1.807, 2.05) is 0 Å². The summed E-state index contributed by atoms with van der Waals surface area (Å²) in [5.41, 5.74) is 0.670. The number of nitrogens with one attached hydrogen (secondary N) is 1. The largest absolute Gasteiger partial charge is 0.383 e. The molecule has 12 heavy (non-hydrogen) atoms. The van der Waals surface area contributed by atoms with Crippen molar-refractivity contribution in [3.8, 4) is 0 Å². The lowest BCUT2D eigenvalue weighted by Crippen LogP contribution is -2.22. The van der Waals surface area contributed by atoms with Gasteiger partial charge in [-0.3, -0.25) is 0 Å². The van der Waals surface area contributed by atoms with Crippen molar-refractivity contribution in [3.05, 3.63) is 24.3 Å². The maximum absolute atomic E-state index is 11.4. The standard InChI is InChI=1S/C8H8NO2S/c10-12(11)6-5-9-7-3-1-2-4-8(7)12/h2-4,9H,5-6H2. The third-order valence-corrected chi connectivity index (χ3v) is 3.61. The molecule has 4 heteroatoms. The topological polar surface area (TPSA) is 46.2 Å². The molecule has 63 valence electrons. The average molecular weight is 182 g/mol. The molecule has 1 aliphatic rings. The lowest BCUT2D eigenvalue weighted by Gasteiger charge is -2.17. The molecule has 0 fully saturated rings. The molecule has 0 amide bonds. The van der Waals surface area contributed by atoms with Gasteiger partial charge >= 0.3 is 0 Å². The predicted octanol–water partition coefficient (Wildman–Crippen LogP) is 0.686. The van der Waals surface area contributed by atoms with E-state index < -0.39 is 9.84 Å². The highest BCUT2D eigenvalue weighted by molar-refractivity contribution is 7.91. The number of fused-ring (bicyclic) bond motifs is 1. The number of anilines is 1. The van der Waals surface area contributed by atoms with E-state index in [1.54, 1.807) is 18.2 Å². The van der Waals surface area contributed by atoms with Crippen LogP contribution in [0.15, 0.2) is 23.1 Å². The molecule has 0 bridgehead atoms. The molecule has 2 rings (SSSR count). The Morgan fingerprint density at radius 1 is 1.50 bits per heavy atom. The lowest BCUT2D eigenvalue weighted by atomic mass is 10.3. The van der Waals surface area contributed by atoms with Crippen LogP contribution in [-0.4, -0.2) is 20.7 Å². The Hall–Kier alpha value is -1.03. The molecule has 0 saturated carbocycles. The fourth-order valence-electron chi connectivity index (χ4n) is 1.26. The van der Waals surface area contributed by atoms with Crippen molar-refractivity contribution < 1.29 is 8.42 Å². The van der Waals surface area contributed by atoms with Crippen LogP contribution < -0.4 is 5.32 Å². The summed E-state index contributed by atoms with van der Waals surface area (Å²) in [5.74, 6) is 0.185. The van der Waals surface area contributed by atoms with Gasteiger partial charge in [-0.25, -0.2) is 8.42 Å². The molecule has 0 aliphatic carbocycles. The van der Waals surface area contributed by atoms with Crippen molar-refractivity contribution >= 4 is 15.5 Å².